The Hall–Kier alpha value is -3.71. The van der Waals surface area contributed by atoms with Crippen LogP contribution in [-0.2, 0) is 4.79 Å². The van der Waals surface area contributed by atoms with E-state index in [4.69, 9.17) is 9.47 Å². The zero-order chi connectivity index (χ0) is 21.6. The first-order valence-electron chi connectivity index (χ1n) is 9.51. The lowest BCUT2D eigenvalue weighted by Gasteiger charge is -2.12. The molecule has 31 heavy (non-hydrogen) atoms. The minimum Gasteiger partial charge on any atom is -0.493 e. The van der Waals surface area contributed by atoms with Crippen LogP contribution < -0.4 is 14.8 Å². The summed E-state index contributed by atoms with van der Waals surface area (Å²) in [6.07, 6.45) is 3.89. The van der Waals surface area contributed by atoms with Gasteiger partial charge >= 0.3 is 0 Å². The predicted molar refractivity (Wildman–Crippen MR) is 122 cm³/mol. The number of methoxy groups -OCH3 is 1. The van der Waals surface area contributed by atoms with Crippen LogP contribution in [-0.4, -0.2) is 24.6 Å². The zero-order valence-electron chi connectivity index (χ0n) is 16.7. The van der Waals surface area contributed by atoms with E-state index in [-0.39, 0.29) is 12.3 Å². The maximum Gasteiger partial charge on any atom is 0.262 e. The number of para-hydroxylation sites is 2. The molecule has 0 fully saturated rings. The van der Waals surface area contributed by atoms with Crippen molar-refractivity contribution in [2.24, 2.45) is 0 Å². The predicted octanol–water partition coefficient (Wildman–Crippen LogP) is 5.63. The van der Waals surface area contributed by atoms with Crippen molar-refractivity contribution < 1.29 is 18.7 Å². The van der Waals surface area contributed by atoms with Gasteiger partial charge in [0.2, 0.25) is 0 Å². The first-order chi connectivity index (χ1) is 15.1. The number of thiazole rings is 1. The van der Waals surface area contributed by atoms with E-state index in [0.717, 1.165) is 20.8 Å². The second kappa shape index (κ2) is 9.40. The fourth-order valence-electron chi connectivity index (χ4n) is 2.93. The number of anilines is 1. The van der Waals surface area contributed by atoms with Crippen LogP contribution in [0.1, 0.15) is 10.6 Å². The number of carbonyl (C=O) groups excluding carboxylic acids is 1. The van der Waals surface area contributed by atoms with Crippen LogP contribution in [0.15, 0.2) is 66.7 Å². The molecule has 0 aliphatic heterocycles. The number of nitrogens with one attached hydrogen (secondary N) is 1. The molecular weight excluding hydrogens is 415 g/mol. The molecule has 0 unspecified atom stereocenters. The monoisotopic (exact) mass is 434 g/mol. The number of benzene rings is 3. The van der Waals surface area contributed by atoms with Gasteiger partial charge in [-0.15, -0.1) is 11.3 Å². The third-order valence-corrected chi connectivity index (χ3v) is 5.42. The van der Waals surface area contributed by atoms with Gasteiger partial charge in [0.15, 0.2) is 18.1 Å². The molecule has 0 spiro atoms. The van der Waals surface area contributed by atoms with Gasteiger partial charge < -0.3 is 14.8 Å². The Balaban J connectivity index is 1.41. The van der Waals surface area contributed by atoms with Crippen molar-refractivity contribution in [1.82, 2.24) is 4.98 Å². The average molecular weight is 434 g/mol. The fourth-order valence-corrected chi connectivity index (χ4v) is 3.80. The maximum atomic E-state index is 13.6. The molecule has 156 valence electrons. The molecular formula is C24H19FN2O3S. The number of carbonyl (C=O) groups is 1. The highest BCUT2D eigenvalue weighted by Gasteiger charge is 2.10. The van der Waals surface area contributed by atoms with Crippen LogP contribution in [0.4, 0.5) is 10.1 Å². The number of aromatic nitrogens is 1. The molecule has 4 aromatic rings. The zero-order valence-corrected chi connectivity index (χ0v) is 17.5. The summed E-state index contributed by atoms with van der Waals surface area (Å²) in [4.78, 5) is 16.7. The minimum atomic E-state index is -0.502. The Morgan fingerprint density at radius 3 is 2.68 bits per heavy atom. The molecule has 3 aromatic carbocycles. The van der Waals surface area contributed by atoms with Gasteiger partial charge in [-0.3, -0.25) is 4.79 Å². The van der Waals surface area contributed by atoms with Crippen LogP contribution >= 0.6 is 11.3 Å². The molecule has 1 aromatic heterocycles. The number of ether oxygens (including phenoxy) is 2. The van der Waals surface area contributed by atoms with Crippen molar-refractivity contribution in [2.45, 2.75) is 0 Å². The minimum absolute atomic E-state index is 0.110. The van der Waals surface area contributed by atoms with Crippen LogP contribution in [0, 0.1) is 5.82 Å². The van der Waals surface area contributed by atoms with Gasteiger partial charge in [-0.05, 0) is 48.0 Å². The van der Waals surface area contributed by atoms with E-state index in [1.165, 1.54) is 19.2 Å². The van der Waals surface area contributed by atoms with E-state index in [9.17, 15) is 9.18 Å². The van der Waals surface area contributed by atoms with Crippen molar-refractivity contribution in [3.8, 4) is 11.5 Å². The Kier molecular flexibility index (Phi) is 6.24. The highest BCUT2D eigenvalue weighted by molar-refractivity contribution is 7.19. The highest BCUT2D eigenvalue weighted by Crippen LogP contribution is 2.29. The summed E-state index contributed by atoms with van der Waals surface area (Å²) >= 11 is 1.62. The first-order valence-corrected chi connectivity index (χ1v) is 10.3. The summed E-state index contributed by atoms with van der Waals surface area (Å²) < 4.78 is 25.7. The molecule has 0 atom stereocenters. The molecule has 4 rings (SSSR count). The molecule has 1 N–H and O–H groups in total. The lowest BCUT2D eigenvalue weighted by atomic mass is 10.2. The Bertz CT molecular complexity index is 1220. The van der Waals surface area contributed by atoms with E-state index < -0.39 is 11.7 Å². The van der Waals surface area contributed by atoms with Gasteiger partial charge in [-0.2, -0.15) is 0 Å². The summed E-state index contributed by atoms with van der Waals surface area (Å²) in [6.45, 7) is -0.272. The van der Waals surface area contributed by atoms with Gasteiger partial charge in [0.1, 0.15) is 10.8 Å². The number of hydrogen-bond donors (Lipinski definition) is 1. The molecule has 0 aliphatic rings. The smallest absolute Gasteiger partial charge is 0.262 e. The van der Waals surface area contributed by atoms with Crippen molar-refractivity contribution in [1.29, 1.82) is 0 Å². The van der Waals surface area contributed by atoms with E-state index >= 15 is 0 Å². The summed E-state index contributed by atoms with van der Waals surface area (Å²) in [5.41, 5.74) is 1.99. The third kappa shape index (κ3) is 5.07. The molecule has 0 saturated heterocycles. The second-order valence-electron chi connectivity index (χ2n) is 6.58. The van der Waals surface area contributed by atoms with E-state index in [0.29, 0.717) is 11.5 Å². The quantitative estimate of drug-likeness (QED) is 0.409. The van der Waals surface area contributed by atoms with Crippen molar-refractivity contribution >= 4 is 45.3 Å². The van der Waals surface area contributed by atoms with Gasteiger partial charge in [0.05, 0.1) is 23.0 Å². The Morgan fingerprint density at radius 1 is 1.06 bits per heavy atom. The van der Waals surface area contributed by atoms with Crippen molar-refractivity contribution in [3.63, 3.8) is 0 Å². The third-order valence-electron chi connectivity index (χ3n) is 4.42. The largest absolute Gasteiger partial charge is 0.493 e. The standard InChI is InChI=1S/C24H19FN2O3S/c1-29-21-14-16(11-13-24-27-19-8-4-5-9-22(19)31-24)10-12-20(21)30-15-23(28)26-18-7-3-2-6-17(18)25/h2-14H,15H2,1H3,(H,26,28)/b13-11+. The maximum absolute atomic E-state index is 13.6. The second-order valence-corrected chi connectivity index (χ2v) is 7.64. The molecule has 0 bridgehead atoms. The molecule has 0 radical (unpaired) electrons. The SMILES string of the molecule is COc1cc(/C=C/c2nc3ccccc3s2)ccc1OCC(=O)Nc1ccccc1F. The number of halogens is 1. The lowest BCUT2D eigenvalue weighted by molar-refractivity contribution is -0.118. The Labute approximate surface area is 182 Å². The first kappa shape index (κ1) is 20.6. The van der Waals surface area contributed by atoms with E-state index in [2.05, 4.69) is 10.3 Å². The highest BCUT2D eigenvalue weighted by atomic mass is 32.1. The summed E-state index contributed by atoms with van der Waals surface area (Å²) in [7, 11) is 1.53. The van der Waals surface area contributed by atoms with Gasteiger partial charge in [-0.1, -0.05) is 36.4 Å². The summed E-state index contributed by atoms with van der Waals surface area (Å²) in [6, 6.07) is 19.4. The molecule has 1 heterocycles. The number of amides is 1. The van der Waals surface area contributed by atoms with Crippen LogP contribution in [0.25, 0.3) is 22.4 Å². The summed E-state index contributed by atoms with van der Waals surface area (Å²) in [5.74, 6) is -0.0573. The number of nitrogens with zero attached hydrogens (tertiary/aromatic N) is 1. The average Bonchev–Trinajstić information content (AvgIpc) is 3.21. The summed E-state index contributed by atoms with van der Waals surface area (Å²) in [5, 5.41) is 3.39. The van der Waals surface area contributed by atoms with Gasteiger partial charge in [0.25, 0.3) is 5.91 Å². The number of hydrogen-bond acceptors (Lipinski definition) is 5. The fraction of sp³-hybridized carbons (Fsp3) is 0.0833. The van der Waals surface area contributed by atoms with E-state index in [1.807, 2.05) is 48.6 Å². The van der Waals surface area contributed by atoms with Gasteiger partial charge in [-0.25, -0.2) is 9.37 Å². The van der Waals surface area contributed by atoms with Crippen molar-refractivity contribution in [3.05, 3.63) is 83.1 Å². The van der Waals surface area contributed by atoms with Crippen LogP contribution in [0.3, 0.4) is 0 Å². The van der Waals surface area contributed by atoms with Crippen LogP contribution in [0.5, 0.6) is 11.5 Å². The van der Waals surface area contributed by atoms with Crippen LogP contribution in [0.2, 0.25) is 0 Å². The number of rotatable bonds is 7. The lowest BCUT2D eigenvalue weighted by Crippen LogP contribution is -2.20. The van der Waals surface area contributed by atoms with E-state index in [1.54, 1.807) is 29.5 Å². The molecule has 0 aliphatic carbocycles. The molecule has 1 amide bonds. The number of fused-ring (bicyclic) bond motifs is 1. The Morgan fingerprint density at radius 2 is 1.87 bits per heavy atom. The van der Waals surface area contributed by atoms with Crippen molar-refractivity contribution in [2.75, 3.05) is 19.0 Å². The normalized spacial score (nSPS) is 11.0. The molecule has 7 heteroatoms. The molecule has 5 nitrogen and oxygen atoms in total. The van der Waals surface area contributed by atoms with Gasteiger partial charge in [0, 0.05) is 0 Å². The topological polar surface area (TPSA) is 60.5 Å². The molecule has 0 saturated carbocycles.